The molecule has 0 aliphatic carbocycles. The van der Waals surface area contributed by atoms with E-state index < -0.39 is 20.5 Å². The maximum Gasteiger partial charge on any atom is 0.319 e. The van der Waals surface area contributed by atoms with Gasteiger partial charge in [-0.05, 0) is 107 Å². The molecule has 0 aliphatic rings. The summed E-state index contributed by atoms with van der Waals surface area (Å²) in [5.41, 5.74) is 7.56. The molecule has 2 N–H and O–H groups in total. The normalized spacial score (nSPS) is 15.7. The Bertz CT molecular complexity index is 798. The number of allylic oxidation sites excluding steroid dienone is 10. The smallest absolute Gasteiger partial charge is 0.319 e. The summed E-state index contributed by atoms with van der Waals surface area (Å²) in [6.45, 7) is 16.5. The highest BCUT2D eigenvalue weighted by molar-refractivity contribution is 7.33. The number of rotatable bonds is 20. The highest BCUT2D eigenvalue weighted by Gasteiger charge is 2.09. The summed E-state index contributed by atoms with van der Waals surface area (Å²) in [5.74, 6) is 0. The third-order valence-electron chi connectivity index (χ3n) is 5.94. The summed E-state index contributed by atoms with van der Waals surface area (Å²) in [4.78, 5) is 0. The Morgan fingerprint density at radius 2 is 0.895 bits per heavy atom. The fourth-order valence-electron chi connectivity index (χ4n) is 3.74. The molecule has 2 unspecified atom stereocenters. The zero-order chi connectivity index (χ0) is 28.9. The van der Waals surface area contributed by atoms with Crippen LogP contribution in [-0.4, -0.2) is 35.6 Å². The van der Waals surface area contributed by atoms with Gasteiger partial charge in [0.25, 0.3) is 0 Å². The zero-order valence-corrected chi connectivity index (χ0v) is 26.3. The van der Waals surface area contributed by atoms with Gasteiger partial charge >= 0.3 is 8.25 Å². The van der Waals surface area contributed by atoms with Gasteiger partial charge in [-0.2, -0.15) is 0 Å². The lowest BCUT2D eigenvalue weighted by Crippen LogP contribution is -2.13. The molecule has 0 radical (unpaired) electrons. The average molecular weight is 551 g/mol. The largest absolute Gasteiger partial charge is 0.387 e. The van der Waals surface area contributed by atoms with Crippen molar-refractivity contribution in [3.63, 3.8) is 0 Å². The summed E-state index contributed by atoms with van der Waals surface area (Å²) in [6, 6.07) is 0. The number of aliphatic hydroxyl groups is 2. The van der Waals surface area contributed by atoms with Crippen LogP contribution in [0.5, 0.6) is 0 Å². The van der Waals surface area contributed by atoms with Crippen LogP contribution in [0.4, 0.5) is 0 Å². The Morgan fingerprint density at radius 1 is 0.579 bits per heavy atom. The molecule has 0 amide bonds. The molecule has 0 aromatic heterocycles. The predicted molar refractivity (Wildman–Crippen MR) is 164 cm³/mol. The lowest BCUT2D eigenvalue weighted by molar-refractivity contribution is 0.107. The molecule has 0 aromatic carbocycles. The SMILES string of the molecule is CC(C)=CCCC(C)=CCCC(C)=CC(O)CO[PH](=O)OCC(O)C=C(C)CCC=C(C)CCC=C(C)C. The molecule has 0 aromatic rings. The van der Waals surface area contributed by atoms with Gasteiger partial charge in [0.2, 0.25) is 0 Å². The molecule has 0 spiro atoms. The summed E-state index contributed by atoms with van der Waals surface area (Å²) < 4.78 is 22.4. The van der Waals surface area contributed by atoms with E-state index in [0.717, 1.165) is 62.5 Å². The quantitative estimate of drug-likeness (QED) is 0.117. The Labute approximate surface area is 234 Å². The monoisotopic (exact) mass is 550 g/mol. The topological polar surface area (TPSA) is 76.0 Å². The van der Waals surface area contributed by atoms with E-state index in [1.54, 1.807) is 12.2 Å². The Morgan fingerprint density at radius 3 is 1.24 bits per heavy atom. The number of hydrogen-bond acceptors (Lipinski definition) is 5. The molecule has 0 aliphatic heterocycles. The van der Waals surface area contributed by atoms with Gasteiger partial charge in [-0.15, -0.1) is 0 Å². The molecule has 0 fully saturated rings. The molecule has 0 rings (SSSR count). The first kappa shape index (κ1) is 36.5. The van der Waals surface area contributed by atoms with Crippen LogP contribution in [0.3, 0.4) is 0 Å². The van der Waals surface area contributed by atoms with Crippen molar-refractivity contribution in [2.75, 3.05) is 13.2 Å². The molecular formula is C32H55O5P. The van der Waals surface area contributed by atoms with Crippen molar-refractivity contribution in [1.29, 1.82) is 0 Å². The van der Waals surface area contributed by atoms with Crippen molar-refractivity contribution in [3.8, 4) is 0 Å². The van der Waals surface area contributed by atoms with E-state index in [2.05, 4.69) is 65.8 Å². The third-order valence-corrected chi connectivity index (χ3v) is 6.75. The van der Waals surface area contributed by atoms with Crippen molar-refractivity contribution >= 4 is 8.25 Å². The van der Waals surface area contributed by atoms with Gasteiger partial charge in [0.15, 0.2) is 0 Å². The molecule has 6 heteroatoms. The van der Waals surface area contributed by atoms with Crippen molar-refractivity contribution < 1.29 is 23.8 Å². The first-order valence-electron chi connectivity index (χ1n) is 14.0. The van der Waals surface area contributed by atoms with E-state index >= 15 is 0 Å². The van der Waals surface area contributed by atoms with E-state index in [1.807, 2.05) is 13.8 Å². The van der Waals surface area contributed by atoms with Crippen LogP contribution in [0.1, 0.15) is 107 Å². The van der Waals surface area contributed by atoms with Crippen LogP contribution in [0.2, 0.25) is 0 Å². The van der Waals surface area contributed by atoms with Crippen LogP contribution in [0, 0.1) is 0 Å². The minimum absolute atomic E-state index is 0.100. The third kappa shape index (κ3) is 23.6. The molecule has 38 heavy (non-hydrogen) atoms. The highest BCUT2D eigenvalue weighted by Crippen LogP contribution is 2.25. The average Bonchev–Trinajstić information content (AvgIpc) is 2.80. The van der Waals surface area contributed by atoms with E-state index in [0.29, 0.717) is 0 Å². The van der Waals surface area contributed by atoms with Crippen molar-refractivity contribution in [1.82, 2.24) is 0 Å². The van der Waals surface area contributed by atoms with Gasteiger partial charge in [0.1, 0.15) is 0 Å². The van der Waals surface area contributed by atoms with Gasteiger partial charge in [-0.25, -0.2) is 0 Å². The van der Waals surface area contributed by atoms with Gasteiger partial charge in [0, 0.05) is 0 Å². The molecule has 0 bridgehead atoms. The van der Waals surface area contributed by atoms with Crippen LogP contribution >= 0.6 is 8.25 Å². The van der Waals surface area contributed by atoms with Crippen LogP contribution in [0.15, 0.2) is 69.9 Å². The standard InChI is InChI=1S/C32H55O5P/c1-25(2)13-9-15-27(5)17-11-19-29(7)21-31(33)23-36-38(35)37-24-32(34)22-30(8)20-12-18-28(6)16-10-14-26(3)4/h13-14,17-18,21-22,31-34,38H,9-12,15-16,19-20,23-24H2,1-8H3. The first-order valence-corrected chi connectivity index (χ1v) is 15.2. The second kappa shape index (κ2) is 22.3. The van der Waals surface area contributed by atoms with E-state index in [4.69, 9.17) is 9.05 Å². The Balaban J connectivity index is 4.24. The molecule has 2 atom stereocenters. The van der Waals surface area contributed by atoms with Gasteiger partial charge in [-0.1, -0.05) is 69.9 Å². The highest BCUT2D eigenvalue weighted by atomic mass is 31.1. The van der Waals surface area contributed by atoms with Crippen molar-refractivity contribution in [2.24, 2.45) is 0 Å². The summed E-state index contributed by atoms with van der Waals surface area (Å²) in [6.07, 6.45) is 18.6. The minimum atomic E-state index is -2.79. The molecular weight excluding hydrogens is 495 g/mol. The fraction of sp³-hybridized carbons (Fsp3) is 0.625. The molecule has 218 valence electrons. The van der Waals surface area contributed by atoms with Crippen molar-refractivity contribution in [3.05, 3.63) is 69.9 Å². The lowest BCUT2D eigenvalue weighted by Gasteiger charge is -2.11. The van der Waals surface area contributed by atoms with E-state index in [-0.39, 0.29) is 13.2 Å². The number of hydrogen-bond donors (Lipinski definition) is 2. The first-order chi connectivity index (χ1) is 17.9. The van der Waals surface area contributed by atoms with Crippen molar-refractivity contribution in [2.45, 2.75) is 119 Å². The zero-order valence-electron chi connectivity index (χ0n) is 25.3. The Hall–Kier alpha value is -1.49. The predicted octanol–water partition coefficient (Wildman–Crippen LogP) is 8.97. The Kier molecular flexibility index (Phi) is 21.5. The van der Waals surface area contributed by atoms with E-state index in [9.17, 15) is 14.8 Å². The molecule has 0 saturated heterocycles. The maximum atomic E-state index is 12.0. The number of aliphatic hydroxyl groups excluding tert-OH is 2. The summed E-state index contributed by atoms with van der Waals surface area (Å²) in [5, 5.41) is 20.3. The lowest BCUT2D eigenvalue weighted by atomic mass is 10.1. The van der Waals surface area contributed by atoms with Gasteiger partial charge in [0.05, 0.1) is 25.4 Å². The second-order valence-corrected chi connectivity index (χ2v) is 11.9. The minimum Gasteiger partial charge on any atom is -0.387 e. The fourth-order valence-corrected chi connectivity index (χ4v) is 4.44. The molecule has 0 saturated carbocycles. The molecule has 5 nitrogen and oxygen atoms in total. The van der Waals surface area contributed by atoms with Gasteiger partial charge in [-0.3, -0.25) is 4.57 Å². The van der Waals surface area contributed by atoms with E-state index in [1.165, 1.54) is 22.3 Å². The maximum absolute atomic E-state index is 12.0. The van der Waals surface area contributed by atoms with Crippen LogP contribution in [-0.2, 0) is 13.6 Å². The van der Waals surface area contributed by atoms with Gasteiger partial charge < -0.3 is 19.3 Å². The summed E-state index contributed by atoms with van der Waals surface area (Å²) >= 11 is 0. The second-order valence-electron chi connectivity index (χ2n) is 10.9. The van der Waals surface area contributed by atoms with Crippen LogP contribution in [0.25, 0.3) is 0 Å². The molecule has 0 heterocycles. The summed E-state index contributed by atoms with van der Waals surface area (Å²) in [7, 11) is -2.79. The van der Waals surface area contributed by atoms with Crippen LogP contribution < -0.4 is 0 Å².